The number of nitro groups is 1. The van der Waals surface area contributed by atoms with Gasteiger partial charge in [-0.15, -0.1) is 0 Å². The van der Waals surface area contributed by atoms with Crippen molar-refractivity contribution in [3.63, 3.8) is 0 Å². The highest BCUT2D eigenvalue weighted by Gasteiger charge is 2.33. The number of nitrogens with zero attached hydrogens (tertiary/aromatic N) is 2. The van der Waals surface area contributed by atoms with Gasteiger partial charge >= 0.3 is 0 Å². The Morgan fingerprint density at radius 1 is 1.30 bits per heavy atom. The lowest BCUT2D eigenvalue weighted by Crippen LogP contribution is -2.39. The largest absolute Gasteiger partial charge is 0.467 e. The molecule has 0 spiro atoms. The van der Waals surface area contributed by atoms with E-state index in [0.717, 1.165) is 6.42 Å². The van der Waals surface area contributed by atoms with E-state index in [9.17, 15) is 14.9 Å². The lowest BCUT2D eigenvalue weighted by molar-refractivity contribution is -0.385. The molecule has 2 aromatic rings. The second-order valence-corrected chi connectivity index (χ2v) is 8.05. The van der Waals surface area contributed by atoms with Crippen LogP contribution in [0.3, 0.4) is 0 Å². The fourth-order valence-corrected chi connectivity index (χ4v) is 4.18. The van der Waals surface area contributed by atoms with Gasteiger partial charge in [-0.2, -0.15) is 0 Å². The molecule has 1 N–H and O–H groups in total. The maximum Gasteiger partial charge on any atom is 0.270 e. The molecule has 0 radical (unpaired) electrons. The lowest BCUT2D eigenvalue weighted by Gasteiger charge is -2.26. The van der Waals surface area contributed by atoms with Crippen molar-refractivity contribution in [3.8, 4) is 5.75 Å². The summed E-state index contributed by atoms with van der Waals surface area (Å²) in [6.07, 6.45) is 1.51. The molecule has 0 bridgehead atoms. The molecule has 2 aromatic carbocycles. The van der Waals surface area contributed by atoms with Crippen LogP contribution in [0.1, 0.15) is 24.0 Å². The minimum atomic E-state index is -0.437. The minimum Gasteiger partial charge on any atom is -0.467 e. The topological polar surface area (TPSA) is 93.9 Å². The average Bonchev–Trinajstić information content (AvgIpc) is 3.19. The van der Waals surface area contributed by atoms with E-state index in [4.69, 9.17) is 32.7 Å². The summed E-state index contributed by atoms with van der Waals surface area (Å²) in [5.74, 6) is 0.399. The number of anilines is 1. The molecule has 158 valence electrons. The highest BCUT2D eigenvalue weighted by molar-refractivity contribution is 6.35. The molecule has 0 saturated carbocycles. The summed E-state index contributed by atoms with van der Waals surface area (Å²) in [7, 11) is 0. The molecule has 2 heterocycles. The van der Waals surface area contributed by atoms with Crippen LogP contribution in [0, 0.1) is 10.1 Å². The van der Waals surface area contributed by atoms with Crippen molar-refractivity contribution in [3.05, 3.63) is 61.6 Å². The number of halogens is 2. The minimum absolute atomic E-state index is 0.0243. The molecule has 1 fully saturated rings. The summed E-state index contributed by atoms with van der Waals surface area (Å²) in [5.41, 5.74) is 1.73. The van der Waals surface area contributed by atoms with Crippen molar-refractivity contribution < 1.29 is 19.2 Å². The SMILES string of the molecule is O=C(Nc1cc(Cl)ccc1Cl)C1CCCN1Cc1cc([N+](=O)[O-])cc2c1OCOC2. The van der Waals surface area contributed by atoms with E-state index in [2.05, 4.69) is 5.32 Å². The van der Waals surface area contributed by atoms with Gasteiger partial charge < -0.3 is 14.8 Å². The van der Waals surface area contributed by atoms with E-state index in [1.165, 1.54) is 12.1 Å². The molecule has 1 amide bonds. The summed E-state index contributed by atoms with van der Waals surface area (Å²) in [4.78, 5) is 25.8. The van der Waals surface area contributed by atoms with Crippen LogP contribution < -0.4 is 10.1 Å². The number of hydrogen-bond donors (Lipinski definition) is 1. The van der Waals surface area contributed by atoms with Crippen molar-refractivity contribution in [2.24, 2.45) is 0 Å². The summed E-state index contributed by atoms with van der Waals surface area (Å²) in [6, 6.07) is 7.46. The van der Waals surface area contributed by atoms with Gasteiger partial charge in [0.25, 0.3) is 5.69 Å². The summed E-state index contributed by atoms with van der Waals surface area (Å²) >= 11 is 12.2. The molecule has 1 unspecified atom stereocenters. The van der Waals surface area contributed by atoms with Crippen LogP contribution in [-0.4, -0.2) is 35.1 Å². The van der Waals surface area contributed by atoms with Gasteiger partial charge in [-0.3, -0.25) is 19.8 Å². The van der Waals surface area contributed by atoms with Crippen LogP contribution >= 0.6 is 23.2 Å². The number of carbonyl (C=O) groups is 1. The Labute approximate surface area is 182 Å². The number of nitrogens with one attached hydrogen (secondary N) is 1. The third-order valence-corrected chi connectivity index (χ3v) is 5.77. The Hall–Kier alpha value is -2.39. The Balaban J connectivity index is 1.56. The highest BCUT2D eigenvalue weighted by Crippen LogP contribution is 2.35. The van der Waals surface area contributed by atoms with Crippen LogP contribution in [0.15, 0.2) is 30.3 Å². The first-order valence-corrected chi connectivity index (χ1v) is 10.2. The number of non-ortho nitro benzene ring substituents is 1. The van der Waals surface area contributed by atoms with Crippen LogP contribution in [0.2, 0.25) is 10.0 Å². The summed E-state index contributed by atoms with van der Waals surface area (Å²) in [5, 5.41) is 15.1. The molecular formula is C20H19Cl2N3O5. The van der Waals surface area contributed by atoms with Crippen LogP contribution in [-0.2, 0) is 22.7 Å². The zero-order chi connectivity index (χ0) is 21.3. The predicted molar refractivity (Wildman–Crippen MR) is 112 cm³/mol. The van der Waals surface area contributed by atoms with Gasteiger partial charge in [0.05, 0.1) is 28.3 Å². The van der Waals surface area contributed by atoms with Gasteiger partial charge in [0, 0.05) is 34.8 Å². The van der Waals surface area contributed by atoms with E-state index in [1.807, 2.05) is 4.90 Å². The van der Waals surface area contributed by atoms with E-state index in [-0.39, 0.29) is 25.0 Å². The average molecular weight is 452 g/mol. The number of carbonyl (C=O) groups excluding carboxylic acids is 1. The Bertz CT molecular complexity index is 1000. The monoisotopic (exact) mass is 451 g/mol. The maximum absolute atomic E-state index is 12.9. The number of rotatable bonds is 5. The summed E-state index contributed by atoms with van der Waals surface area (Å²) in [6.45, 7) is 1.39. The van der Waals surface area contributed by atoms with Crippen LogP contribution in [0.5, 0.6) is 5.75 Å². The highest BCUT2D eigenvalue weighted by atomic mass is 35.5. The number of fused-ring (bicyclic) bond motifs is 1. The van der Waals surface area contributed by atoms with Gasteiger partial charge in [-0.25, -0.2) is 0 Å². The standard InChI is InChI=1S/C20H19Cl2N3O5/c21-14-3-4-16(22)17(8-14)23-20(26)18-2-1-5-24(18)9-12-6-15(25(27)28)7-13-10-29-11-30-19(12)13/h3-4,6-8,18H,1-2,5,9-11H2,(H,23,26). The fourth-order valence-electron chi connectivity index (χ4n) is 3.84. The quantitative estimate of drug-likeness (QED) is 0.535. The van der Waals surface area contributed by atoms with Crippen molar-refractivity contribution in [2.45, 2.75) is 32.0 Å². The zero-order valence-electron chi connectivity index (χ0n) is 15.9. The van der Waals surface area contributed by atoms with Crippen molar-refractivity contribution in [1.82, 2.24) is 4.90 Å². The summed E-state index contributed by atoms with van der Waals surface area (Å²) < 4.78 is 10.9. The van der Waals surface area contributed by atoms with Gasteiger partial charge in [0.2, 0.25) is 5.91 Å². The zero-order valence-corrected chi connectivity index (χ0v) is 17.4. The Morgan fingerprint density at radius 2 is 2.13 bits per heavy atom. The van der Waals surface area contributed by atoms with E-state index >= 15 is 0 Å². The maximum atomic E-state index is 12.9. The molecule has 1 saturated heterocycles. The Kier molecular flexibility index (Phi) is 6.10. The molecular weight excluding hydrogens is 433 g/mol. The first-order valence-electron chi connectivity index (χ1n) is 9.43. The molecule has 30 heavy (non-hydrogen) atoms. The number of nitro benzene ring substituents is 1. The number of likely N-dealkylation sites (tertiary alicyclic amines) is 1. The van der Waals surface area contributed by atoms with Crippen molar-refractivity contribution in [2.75, 3.05) is 18.7 Å². The molecule has 4 rings (SSSR count). The fraction of sp³-hybridized carbons (Fsp3) is 0.350. The van der Waals surface area contributed by atoms with Gasteiger partial charge in [0.1, 0.15) is 5.75 Å². The Morgan fingerprint density at radius 3 is 2.93 bits per heavy atom. The third kappa shape index (κ3) is 4.37. The smallest absolute Gasteiger partial charge is 0.270 e. The molecule has 8 nitrogen and oxygen atoms in total. The normalized spacial score (nSPS) is 18.5. The number of amides is 1. The van der Waals surface area contributed by atoms with Gasteiger partial charge in [0.15, 0.2) is 6.79 Å². The van der Waals surface area contributed by atoms with Gasteiger partial charge in [-0.05, 0) is 37.6 Å². The first-order chi connectivity index (χ1) is 14.4. The predicted octanol–water partition coefficient (Wildman–Crippen LogP) is 4.37. The second-order valence-electron chi connectivity index (χ2n) is 7.20. The number of ether oxygens (including phenoxy) is 2. The number of benzene rings is 2. The second kappa shape index (κ2) is 8.77. The van der Waals surface area contributed by atoms with Crippen LogP contribution in [0.4, 0.5) is 11.4 Å². The molecule has 2 aliphatic heterocycles. The van der Waals surface area contributed by atoms with Crippen molar-refractivity contribution >= 4 is 40.5 Å². The molecule has 10 heteroatoms. The number of hydrogen-bond acceptors (Lipinski definition) is 6. The molecule has 0 aliphatic carbocycles. The van der Waals surface area contributed by atoms with Gasteiger partial charge in [-0.1, -0.05) is 23.2 Å². The van der Waals surface area contributed by atoms with E-state index < -0.39 is 11.0 Å². The first kappa shape index (κ1) is 20.9. The van der Waals surface area contributed by atoms with E-state index in [1.54, 1.807) is 18.2 Å². The molecule has 2 aliphatic rings. The van der Waals surface area contributed by atoms with Crippen molar-refractivity contribution in [1.29, 1.82) is 0 Å². The molecule has 0 aromatic heterocycles. The molecule has 1 atom stereocenters. The van der Waals surface area contributed by atoms with E-state index in [0.29, 0.717) is 52.1 Å². The van der Waals surface area contributed by atoms with Crippen LogP contribution in [0.25, 0.3) is 0 Å². The third-order valence-electron chi connectivity index (χ3n) is 5.21. The lowest BCUT2D eigenvalue weighted by atomic mass is 10.1.